The van der Waals surface area contributed by atoms with Crippen LogP contribution in [0.15, 0.2) is 34.1 Å². The van der Waals surface area contributed by atoms with Gasteiger partial charge in [0.25, 0.3) is 0 Å². The van der Waals surface area contributed by atoms with E-state index in [9.17, 15) is 21.6 Å². The first-order chi connectivity index (χ1) is 9.72. The lowest BCUT2D eigenvalue weighted by Crippen LogP contribution is -2.30. The minimum absolute atomic E-state index is 0. The van der Waals surface area contributed by atoms with Crippen LogP contribution in [0.1, 0.15) is 6.42 Å². The van der Waals surface area contributed by atoms with Crippen LogP contribution in [0.2, 0.25) is 0 Å². The molecule has 1 saturated heterocycles. The highest BCUT2D eigenvalue weighted by Crippen LogP contribution is 2.37. The lowest BCUT2D eigenvalue weighted by Gasteiger charge is -2.16. The molecule has 1 aromatic rings. The molecular weight excluding hydrogens is 361 g/mol. The lowest BCUT2D eigenvalue weighted by molar-refractivity contribution is -0.0328. The van der Waals surface area contributed by atoms with Crippen molar-refractivity contribution in [3.63, 3.8) is 0 Å². The van der Waals surface area contributed by atoms with Crippen LogP contribution in [0.5, 0.6) is 0 Å². The second kappa shape index (κ2) is 7.39. The Morgan fingerprint density at radius 3 is 2.32 bits per heavy atom. The molecule has 126 valence electrons. The van der Waals surface area contributed by atoms with Crippen LogP contribution >= 0.6 is 24.2 Å². The molecule has 1 aliphatic rings. The van der Waals surface area contributed by atoms with Crippen molar-refractivity contribution >= 4 is 34.2 Å². The number of nitrogens with two attached hydrogens (primary N) is 1. The number of hydrogen-bond donors (Lipinski definition) is 1. The highest BCUT2D eigenvalue weighted by atomic mass is 35.5. The van der Waals surface area contributed by atoms with Crippen molar-refractivity contribution in [3.05, 3.63) is 24.3 Å². The van der Waals surface area contributed by atoms with E-state index in [1.54, 1.807) is 0 Å². The molecule has 1 aliphatic heterocycles. The van der Waals surface area contributed by atoms with E-state index in [-0.39, 0.29) is 39.9 Å². The lowest BCUT2D eigenvalue weighted by atomic mass is 10.1. The zero-order valence-corrected chi connectivity index (χ0v) is 13.9. The van der Waals surface area contributed by atoms with Crippen molar-refractivity contribution < 1.29 is 21.6 Å². The summed E-state index contributed by atoms with van der Waals surface area (Å²) in [6.45, 7) is 1.17. The number of alkyl halides is 3. The molecule has 2 rings (SSSR count). The summed E-state index contributed by atoms with van der Waals surface area (Å²) in [5, 5.41) is 0. The van der Waals surface area contributed by atoms with Gasteiger partial charge in [0.15, 0.2) is 0 Å². The van der Waals surface area contributed by atoms with Crippen LogP contribution in [-0.4, -0.2) is 37.9 Å². The summed E-state index contributed by atoms with van der Waals surface area (Å²) in [4.78, 5) is -0.0330. The Kier molecular flexibility index (Phi) is 6.58. The van der Waals surface area contributed by atoms with E-state index in [0.717, 1.165) is 0 Å². The standard InChI is InChI=1S/C12H15F3N2O2S2.ClH/c13-12(14,15)20-10-1-3-11(4-2-10)21(18,19)17-6-5-9(7-16)8-17;/h1-4,9H,5-8,16H2;1H. The average molecular weight is 377 g/mol. The SMILES string of the molecule is Cl.NCC1CCN(S(=O)(=O)c2ccc(SC(F)(F)F)cc2)C1. The maximum absolute atomic E-state index is 12.3. The Hall–Kier alpha value is -0.480. The third-order valence-corrected chi connectivity index (χ3v) is 5.90. The maximum atomic E-state index is 12.3. The fourth-order valence-corrected chi connectivity index (χ4v) is 4.24. The predicted molar refractivity (Wildman–Crippen MR) is 81.5 cm³/mol. The molecular formula is C12H16ClF3N2O2S2. The van der Waals surface area contributed by atoms with Gasteiger partial charge in [-0.2, -0.15) is 17.5 Å². The van der Waals surface area contributed by atoms with Gasteiger partial charge in [-0.15, -0.1) is 12.4 Å². The molecule has 0 spiro atoms. The number of nitrogens with zero attached hydrogens (tertiary/aromatic N) is 1. The van der Waals surface area contributed by atoms with Gasteiger partial charge in [-0.25, -0.2) is 8.42 Å². The molecule has 1 atom stereocenters. The molecule has 4 nitrogen and oxygen atoms in total. The molecule has 0 amide bonds. The van der Waals surface area contributed by atoms with Gasteiger partial charge >= 0.3 is 5.51 Å². The van der Waals surface area contributed by atoms with Gasteiger partial charge in [-0.05, 0) is 54.9 Å². The quantitative estimate of drug-likeness (QED) is 0.821. The van der Waals surface area contributed by atoms with Crippen molar-refractivity contribution in [1.29, 1.82) is 0 Å². The Morgan fingerprint density at radius 2 is 1.86 bits per heavy atom. The summed E-state index contributed by atoms with van der Waals surface area (Å²) in [6.07, 6.45) is 0.706. The molecule has 10 heteroatoms. The molecule has 1 heterocycles. The molecule has 22 heavy (non-hydrogen) atoms. The summed E-state index contributed by atoms with van der Waals surface area (Å²) < 4.78 is 62.7. The van der Waals surface area contributed by atoms with Gasteiger partial charge < -0.3 is 5.73 Å². The summed E-state index contributed by atoms with van der Waals surface area (Å²) in [7, 11) is -3.65. The van der Waals surface area contributed by atoms with Crippen LogP contribution in [0, 0.1) is 5.92 Å². The number of rotatable bonds is 4. The van der Waals surface area contributed by atoms with E-state index in [1.807, 2.05) is 0 Å². The average Bonchev–Trinajstić information content (AvgIpc) is 2.87. The van der Waals surface area contributed by atoms with E-state index in [1.165, 1.54) is 28.6 Å². The Balaban J connectivity index is 0.00000242. The molecule has 1 aromatic carbocycles. The van der Waals surface area contributed by atoms with Crippen LogP contribution in [0.25, 0.3) is 0 Å². The van der Waals surface area contributed by atoms with Gasteiger partial charge in [0.2, 0.25) is 10.0 Å². The van der Waals surface area contributed by atoms with Crippen LogP contribution in [0.4, 0.5) is 13.2 Å². The van der Waals surface area contributed by atoms with Gasteiger partial charge in [0.1, 0.15) is 0 Å². The number of halogens is 4. The van der Waals surface area contributed by atoms with Crippen molar-refractivity contribution in [2.75, 3.05) is 19.6 Å². The monoisotopic (exact) mass is 376 g/mol. The van der Waals surface area contributed by atoms with Crippen molar-refractivity contribution in [3.8, 4) is 0 Å². The number of sulfonamides is 1. The van der Waals surface area contributed by atoms with E-state index >= 15 is 0 Å². The van der Waals surface area contributed by atoms with Crippen molar-refractivity contribution in [2.24, 2.45) is 11.7 Å². The van der Waals surface area contributed by atoms with Crippen molar-refractivity contribution in [2.45, 2.75) is 21.7 Å². The zero-order chi connectivity index (χ0) is 15.7. The number of hydrogen-bond acceptors (Lipinski definition) is 4. The highest BCUT2D eigenvalue weighted by Gasteiger charge is 2.32. The van der Waals surface area contributed by atoms with E-state index in [2.05, 4.69) is 0 Å². The Bertz CT molecular complexity index is 593. The fraction of sp³-hybridized carbons (Fsp3) is 0.500. The second-order valence-electron chi connectivity index (χ2n) is 4.77. The van der Waals surface area contributed by atoms with E-state index in [4.69, 9.17) is 5.73 Å². The summed E-state index contributed by atoms with van der Waals surface area (Å²) in [5.41, 5.74) is 1.14. The second-order valence-corrected chi connectivity index (χ2v) is 7.85. The van der Waals surface area contributed by atoms with Crippen molar-refractivity contribution in [1.82, 2.24) is 4.31 Å². The molecule has 0 radical (unpaired) electrons. The van der Waals surface area contributed by atoms with Gasteiger partial charge in [0, 0.05) is 18.0 Å². The topological polar surface area (TPSA) is 63.4 Å². The summed E-state index contributed by atoms with van der Waals surface area (Å²) in [6, 6.07) is 4.75. The first-order valence-electron chi connectivity index (χ1n) is 6.28. The maximum Gasteiger partial charge on any atom is 0.446 e. The molecule has 2 N–H and O–H groups in total. The number of thioether (sulfide) groups is 1. The van der Waals surface area contributed by atoms with Crippen LogP contribution < -0.4 is 5.73 Å². The first kappa shape index (κ1) is 19.6. The highest BCUT2D eigenvalue weighted by molar-refractivity contribution is 8.00. The predicted octanol–water partition coefficient (Wildman–Crippen LogP) is 2.69. The van der Waals surface area contributed by atoms with E-state index in [0.29, 0.717) is 26.1 Å². The third kappa shape index (κ3) is 4.76. The minimum atomic E-state index is -4.39. The van der Waals surface area contributed by atoms with E-state index < -0.39 is 15.5 Å². The zero-order valence-electron chi connectivity index (χ0n) is 11.4. The molecule has 1 fully saturated rings. The molecule has 0 aromatic heterocycles. The van der Waals surface area contributed by atoms with Crippen LogP contribution in [-0.2, 0) is 10.0 Å². The summed E-state index contributed by atoms with van der Waals surface area (Å²) >= 11 is -0.269. The summed E-state index contributed by atoms with van der Waals surface area (Å²) in [5.74, 6) is 0.139. The molecule has 0 saturated carbocycles. The largest absolute Gasteiger partial charge is 0.446 e. The smallest absolute Gasteiger partial charge is 0.330 e. The first-order valence-corrected chi connectivity index (χ1v) is 8.54. The third-order valence-electron chi connectivity index (χ3n) is 3.28. The Morgan fingerprint density at radius 1 is 1.27 bits per heavy atom. The number of benzene rings is 1. The molecule has 1 unspecified atom stereocenters. The normalized spacial score (nSPS) is 19.9. The molecule has 0 bridgehead atoms. The Labute approximate surface area is 137 Å². The minimum Gasteiger partial charge on any atom is -0.330 e. The van der Waals surface area contributed by atoms with Gasteiger partial charge in [0.05, 0.1) is 4.90 Å². The van der Waals surface area contributed by atoms with Gasteiger partial charge in [-0.1, -0.05) is 0 Å². The molecule has 0 aliphatic carbocycles. The van der Waals surface area contributed by atoms with Crippen LogP contribution in [0.3, 0.4) is 0 Å². The fourth-order valence-electron chi connectivity index (χ4n) is 2.17. The van der Waals surface area contributed by atoms with Gasteiger partial charge in [-0.3, -0.25) is 0 Å².